The molecule has 0 aliphatic carbocycles. The van der Waals surface area contributed by atoms with Gasteiger partial charge in [0.25, 0.3) is 0 Å². The molecular weight excluding hydrogens is 250 g/mol. The van der Waals surface area contributed by atoms with E-state index in [1.54, 1.807) is 0 Å². The minimum atomic E-state index is -3.16. The van der Waals surface area contributed by atoms with Crippen LogP contribution in [0.1, 0.15) is 18.4 Å². The summed E-state index contributed by atoms with van der Waals surface area (Å²) in [7, 11) is -3.16. The molecule has 0 aromatic heterocycles. The van der Waals surface area contributed by atoms with E-state index in [-0.39, 0.29) is 5.41 Å². The third-order valence-electron chi connectivity index (χ3n) is 3.51. The molecule has 0 saturated carbocycles. The minimum absolute atomic E-state index is 0.136. The molecule has 2 rings (SSSR count). The average molecular weight is 269 g/mol. The Kier molecular flexibility index (Phi) is 4.04. The van der Waals surface area contributed by atoms with E-state index in [0.29, 0.717) is 19.8 Å². The molecule has 0 amide bonds. The van der Waals surface area contributed by atoms with Gasteiger partial charge in [0.05, 0.1) is 6.26 Å². The number of hydrogen-bond donors (Lipinski definition) is 1. The van der Waals surface area contributed by atoms with Crippen LogP contribution in [0.15, 0.2) is 30.3 Å². The van der Waals surface area contributed by atoms with Crippen LogP contribution >= 0.6 is 0 Å². The minimum Gasteiger partial charge on any atom is -0.381 e. The van der Waals surface area contributed by atoms with E-state index in [9.17, 15) is 8.42 Å². The summed E-state index contributed by atoms with van der Waals surface area (Å²) in [5, 5.41) is 0. The van der Waals surface area contributed by atoms with Crippen molar-refractivity contribution in [1.29, 1.82) is 0 Å². The van der Waals surface area contributed by atoms with E-state index in [1.807, 2.05) is 18.2 Å². The highest BCUT2D eigenvalue weighted by atomic mass is 32.2. The van der Waals surface area contributed by atoms with Crippen molar-refractivity contribution < 1.29 is 13.2 Å². The summed E-state index contributed by atoms with van der Waals surface area (Å²) in [6.45, 7) is 1.81. The maximum absolute atomic E-state index is 11.3. The Morgan fingerprint density at radius 1 is 1.22 bits per heavy atom. The third-order valence-corrected chi connectivity index (χ3v) is 4.18. The molecule has 0 bridgehead atoms. The molecule has 1 aliphatic heterocycles. The Labute approximate surface area is 108 Å². The summed E-state index contributed by atoms with van der Waals surface area (Å²) in [5.41, 5.74) is 1.05. The van der Waals surface area contributed by atoms with Crippen LogP contribution in [0.3, 0.4) is 0 Å². The molecule has 18 heavy (non-hydrogen) atoms. The molecule has 0 atom stereocenters. The van der Waals surface area contributed by atoms with Gasteiger partial charge >= 0.3 is 0 Å². The number of nitrogens with one attached hydrogen (secondary N) is 1. The molecule has 1 aliphatic rings. The van der Waals surface area contributed by atoms with Crippen LogP contribution in [0.5, 0.6) is 0 Å². The quantitative estimate of drug-likeness (QED) is 0.896. The van der Waals surface area contributed by atoms with Crippen LogP contribution in [0.2, 0.25) is 0 Å². The summed E-state index contributed by atoms with van der Waals surface area (Å²) in [4.78, 5) is 0. The first-order valence-electron chi connectivity index (χ1n) is 6.10. The second kappa shape index (κ2) is 5.38. The zero-order valence-corrected chi connectivity index (χ0v) is 11.4. The lowest BCUT2D eigenvalue weighted by atomic mass is 9.74. The first-order chi connectivity index (χ1) is 8.52. The highest BCUT2D eigenvalue weighted by Crippen LogP contribution is 2.34. The molecule has 1 N–H and O–H groups in total. The van der Waals surface area contributed by atoms with E-state index >= 15 is 0 Å². The van der Waals surface area contributed by atoms with Crippen LogP contribution in [0, 0.1) is 0 Å². The smallest absolute Gasteiger partial charge is 0.208 e. The Hall–Kier alpha value is -0.910. The van der Waals surface area contributed by atoms with Gasteiger partial charge < -0.3 is 4.74 Å². The first-order valence-corrected chi connectivity index (χ1v) is 7.99. The SMILES string of the molecule is CS(=O)(=O)NCC1(c2ccccc2)CCOCC1. The Morgan fingerprint density at radius 3 is 2.39 bits per heavy atom. The van der Waals surface area contributed by atoms with Gasteiger partial charge in [0.15, 0.2) is 0 Å². The van der Waals surface area contributed by atoms with Crippen LogP contribution in [0.4, 0.5) is 0 Å². The standard InChI is InChI=1S/C13H19NO3S/c1-18(15,16)14-11-13(7-9-17-10-8-13)12-5-3-2-4-6-12/h2-6,14H,7-11H2,1H3. The second-order valence-corrected chi connectivity index (χ2v) is 6.69. The molecule has 5 heteroatoms. The topological polar surface area (TPSA) is 55.4 Å². The summed E-state index contributed by atoms with van der Waals surface area (Å²) < 4.78 is 30.7. The fraction of sp³-hybridized carbons (Fsp3) is 0.538. The molecule has 1 saturated heterocycles. The Morgan fingerprint density at radius 2 is 1.83 bits per heavy atom. The molecule has 1 aromatic rings. The van der Waals surface area contributed by atoms with Crippen molar-refractivity contribution in [2.45, 2.75) is 18.3 Å². The van der Waals surface area contributed by atoms with Gasteiger partial charge in [0.2, 0.25) is 10.0 Å². The molecule has 0 spiro atoms. The second-order valence-electron chi connectivity index (χ2n) is 4.85. The van der Waals surface area contributed by atoms with Crippen LogP contribution < -0.4 is 4.72 Å². The number of hydrogen-bond acceptors (Lipinski definition) is 3. The van der Waals surface area contributed by atoms with Crippen molar-refractivity contribution in [3.63, 3.8) is 0 Å². The van der Waals surface area contributed by atoms with E-state index in [2.05, 4.69) is 16.9 Å². The van der Waals surface area contributed by atoms with E-state index < -0.39 is 10.0 Å². The van der Waals surface area contributed by atoms with Crippen molar-refractivity contribution in [1.82, 2.24) is 4.72 Å². The largest absolute Gasteiger partial charge is 0.381 e. The van der Waals surface area contributed by atoms with Crippen molar-refractivity contribution >= 4 is 10.0 Å². The fourth-order valence-electron chi connectivity index (χ4n) is 2.39. The Bertz CT molecular complexity index is 478. The zero-order valence-electron chi connectivity index (χ0n) is 10.6. The predicted octanol–water partition coefficient (Wildman–Crippen LogP) is 1.28. The maximum atomic E-state index is 11.3. The molecule has 4 nitrogen and oxygen atoms in total. The lowest BCUT2D eigenvalue weighted by molar-refractivity contribution is 0.0517. The van der Waals surface area contributed by atoms with Crippen molar-refractivity contribution in [2.24, 2.45) is 0 Å². The number of benzene rings is 1. The van der Waals surface area contributed by atoms with Gasteiger partial charge in [-0.1, -0.05) is 30.3 Å². The molecule has 100 valence electrons. The van der Waals surface area contributed by atoms with Gasteiger partial charge in [-0.15, -0.1) is 0 Å². The maximum Gasteiger partial charge on any atom is 0.208 e. The number of sulfonamides is 1. The average Bonchev–Trinajstić information content (AvgIpc) is 2.38. The van der Waals surface area contributed by atoms with Crippen molar-refractivity contribution in [3.05, 3.63) is 35.9 Å². The normalized spacial score (nSPS) is 19.6. The first kappa shape index (κ1) is 13.5. The summed E-state index contributed by atoms with van der Waals surface area (Å²) in [5.74, 6) is 0. The van der Waals surface area contributed by atoms with Crippen molar-refractivity contribution in [2.75, 3.05) is 26.0 Å². The summed E-state index contributed by atoms with van der Waals surface area (Å²) >= 11 is 0. The zero-order chi connectivity index (χ0) is 13.1. The monoisotopic (exact) mass is 269 g/mol. The predicted molar refractivity (Wildman–Crippen MR) is 71.0 cm³/mol. The summed E-state index contributed by atoms with van der Waals surface area (Å²) in [6, 6.07) is 10.1. The third kappa shape index (κ3) is 3.31. The van der Waals surface area contributed by atoms with Gasteiger partial charge in [-0.25, -0.2) is 13.1 Å². The fourth-order valence-corrected chi connectivity index (χ4v) is 2.93. The summed E-state index contributed by atoms with van der Waals surface area (Å²) in [6.07, 6.45) is 2.89. The van der Waals surface area contributed by atoms with Crippen LogP contribution in [-0.2, 0) is 20.2 Å². The van der Waals surface area contributed by atoms with Gasteiger partial charge in [0.1, 0.15) is 0 Å². The van der Waals surface area contributed by atoms with Crippen LogP contribution in [0.25, 0.3) is 0 Å². The van der Waals surface area contributed by atoms with Gasteiger partial charge in [-0.05, 0) is 18.4 Å². The molecule has 0 radical (unpaired) electrons. The van der Waals surface area contributed by atoms with Crippen LogP contribution in [-0.4, -0.2) is 34.4 Å². The lowest BCUT2D eigenvalue weighted by Crippen LogP contribution is -2.44. The highest BCUT2D eigenvalue weighted by Gasteiger charge is 2.34. The van der Waals surface area contributed by atoms with Gasteiger partial charge in [-0.3, -0.25) is 0 Å². The van der Waals surface area contributed by atoms with Crippen molar-refractivity contribution in [3.8, 4) is 0 Å². The number of ether oxygens (including phenoxy) is 1. The van der Waals surface area contributed by atoms with Gasteiger partial charge in [0, 0.05) is 25.2 Å². The Balaban J connectivity index is 2.23. The molecule has 1 fully saturated rings. The molecular formula is C13H19NO3S. The lowest BCUT2D eigenvalue weighted by Gasteiger charge is -2.37. The molecule has 0 unspecified atom stereocenters. The van der Waals surface area contributed by atoms with Gasteiger partial charge in [-0.2, -0.15) is 0 Å². The number of rotatable bonds is 4. The molecule has 1 heterocycles. The highest BCUT2D eigenvalue weighted by molar-refractivity contribution is 7.88. The molecule has 1 aromatic carbocycles. The van der Waals surface area contributed by atoms with E-state index in [0.717, 1.165) is 12.8 Å². The van der Waals surface area contributed by atoms with E-state index in [4.69, 9.17) is 4.74 Å². The van der Waals surface area contributed by atoms with E-state index in [1.165, 1.54) is 11.8 Å².